The van der Waals surface area contributed by atoms with Crippen molar-refractivity contribution < 1.29 is 14.5 Å². The standard InChI is InChI=1S/C15H12BrNO4/c1-2-12(18)10-6-3-4-8-13(10)21-14-9-5-7-11(15(14)16)17(19)20/h3-9H,2H2,1H3. The Morgan fingerprint density at radius 2 is 1.86 bits per heavy atom. The maximum absolute atomic E-state index is 11.9. The highest BCUT2D eigenvalue weighted by molar-refractivity contribution is 9.10. The molecule has 0 heterocycles. The first-order valence-electron chi connectivity index (χ1n) is 6.27. The van der Waals surface area contributed by atoms with Crippen molar-refractivity contribution in [2.24, 2.45) is 0 Å². The normalized spacial score (nSPS) is 10.2. The molecule has 108 valence electrons. The summed E-state index contributed by atoms with van der Waals surface area (Å²) >= 11 is 3.17. The van der Waals surface area contributed by atoms with Crippen molar-refractivity contribution in [2.75, 3.05) is 0 Å². The fourth-order valence-electron chi connectivity index (χ4n) is 1.81. The van der Waals surface area contributed by atoms with Gasteiger partial charge < -0.3 is 4.74 Å². The molecular formula is C15H12BrNO4. The van der Waals surface area contributed by atoms with Gasteiger partial charge in [-0.25, -0.2) is 0 Å². The van der Waals surface area contributed by atoms with Crippen LogP contribution in [0, 0.1) is 10.1 Å². The third-order valence-corrected chi connectivity index (χ3v) is 3.67. The van der Waals surface area contributed by atoms with Gasteiger partial charge in [-0.2, -0.15) is 0 Å². The third-order valence-electron chi connectivity index (χ3n) is 2.87. The van der Waals surface area contributed by atoms with E-state index in [4.69, 9.17) is 4.74 Å². The lowest BCUT2D eigenvalue weighted by atomic mass is 10.1. The van der Waals surface area contributed by atoms with E-state index in [9.17, 15) is 14.9 Å². The predicted octanol–water partition coefficient (Wildman–Crippen LogP) is 4.74. The fourth-order valence-corrected chi connectivity index (χ4v) is 2.30. The molecule has 0 N–H and O–H groups in total. The summed E-state index contributed by atoms with van der Waals surface area (Å²) in [6.07, 6.45) is 0.358. The highest BCUT2D eigenvalue weighted by Gasteiger charge is 2.18. The number of benzene rings is 2. The molecule has 0 aliphatic rings. The number of carbonyl (C=O) groups is 1. The lowest BCUT2D eigenvalue weighted by molar-refractivity contribution is -0.385. The van der Waals surface area contributed by atoms with Crippen molar-refractivity contribution in [3.63, 3.8) is 0 Å². The van der Waals surface area contributed by atoms with Gasteiger partial charge in [0.05, 0.1) is 10.5 Å². The number of nitro benzene ring substituents is 1. The maximum atomic E-state index is 11.9. The van der Waals surface area contributed by atoms with Gasteiger partial charge in [-0.1, -0.05) is 25.1 Å². The lowest BCUT2D eigenvalue weighted by Crippen LogP contribution is -2.00. The zero-order chi connectivity index (χ0) is 15.4. The molecule has 0 aliphatic carbocycles. The molecule has 0 fully saturated rings. The van der Waals surface area contributed by atoms with Crippen LogP contribution in [-0.2, 0) is 0 Å². The van der Waals surface area contributed by atoms with Crippen LogP contribution in [0.5, 0.6) is 11.5 Å². The van der Waals surface area contributed by atoms with Gasteiger partial charge in [-0.05, 0) is 34.1 Å². The first kappa shape index (κ1) is 15.2. The van der Waals surface area contributed by atoms with Gasteiger partial charge in [-0.15, -0.1) is 0 Å². The average molecular weight is 350 g/mol. The average Bonchev–Trinajstić information content (AvgIpc) is 2.49. The van der Waals surface area contributed by atoms with E-state index in [1.54, 1.807) is 37.3 Å². The molecule has 0 radical (unpaired) electrons. The summed E-state index contributed by atoms with van der Waals surface area (Å²) in [5.41, 5.74) is 0.366. The van der Waals surface area contributed by atoms with E-state index in [2.05, 4.69) is 15.9 Å². The predicted molar refractivity (Wildman–Crippen MR) is 81.9 cm³/mol. The summed E-state index contributed by atoms with van der Waals surface area (Å²) < 4.78 is 5.93. The minimum absolute atomic E-state index is 0.0489. The van der Waals surface area contributed by atoms with E-state index >= 15 is 0 Å². The number of carbonyl (C=O) groups excluding carboxylic acids is 1. The van der Waals surface area contributed by atoms with Gasteiger partial charge in [0.15, 0.2) is 5.78 Å². The molecule has 0 saturated heterocycles. The topological polar surface area (TPSA) is 69.4 Å². The number of ether oxygens (including phenoxy) is 1. The van der Waals surface area contributed by atoms with Crippen LogP contribution in [0.15, 0.2) is 46.9 Å². The molecule has 2 rings (SSSR count). The van der Waals surface area contributed by atoms with Gasteiger partial charge in [0.2, 0.25) is 0 Å². The summed E-state index contributed by atoms with van der Waals surface area (Å²) in [5.74, 6) is 0.623. The van der Waals surface area contributed by atoms with Crippen LogP contribution >= 0.6 is 15.9 Å². The summed E-state index contributed by atoms with van der Waals surface area (Å²) in [4.78, 5) is 22.3. The van der Waals surface area contributed by atoms with Gasteiger partial charge in [0, 0.05) is 12.5 Å². The summed E-state index contributed by atoms with van der Waals surface area (Å²) in [7, 11) is 0. The van der Waals surface area contributed by atoms with E-state index < -0.39 is 4.92 Å². The number of nitro groups is 1. The molecule has 0 bridgehead atoms. The fraction of sp³-hybridized carbons (Fsp3) is 0.133. The molecule has 0 amide bonds. The summed E-state index contributed by atoms with van der Waals surface area (Å²) in [6.45, 7) is 1.77. The number of ketones is 1. The van der Waals surface area contributed by atoms with Gasteiger partial charge in [0.1, 0.15) is 16.0 Å². The van der Waals surface area contributed by atoms with E-state index in [-0.39, 0.29) is 15.9 Å². The number of hydrogen-bond donors (Lipinski definition) is 0. The van der Waals surface area contributed by atoms with Gasteiger partial charge >= 0.3 is 0 Å². The van der Waals surface area contributed by atoms with E-state index in [1.807, 2.05) is 0 Å². The molecule has 5 nitrogen and oxygen atoms in total. The van der Waals surface area contributed by atoms with Crippen LogP contribution in [0.3, 0.4) is 0 Å². The van der Waals surface area contributed by atoms with Gasteiger partial charge in [0.25, 0.3) is 5.69 Å². The second-order valence-electron chi connectivity index (χ2n) is 4.22. The molecule has 0 atom stereocenters. The van der Waals surface area contributed by atoms with Crippen molar-refractivity contribution in [1.29, 1.82) is 0 Å². The molecule has 6 heteroatoms. The largest absolute Gasteiger partial charge is 0.455 e. The number of Topliss-reactive ketones (excluding diaryl/α,β-unsaturated/α-hetero) is 1. The second-order valence-corrected chi connectivity index (χ2v) is 5.01. The first-order valence-corrected chi connectivity index (χ1v) is 7.07. The Morgan fingerprint density at radius 3 is 2.52 bits per heavy atom. The Balaban J connectivity index is 2.42. The Morgan fingerprint density at radius 1 is 1.19 bits per heavy atom. The Hall–Kier alpha value is -2.21. The van der Waals surface area contributed by atoms with Crippen LogP contribution in [-0.4, -0.2) is 10.7 Å². The van der Waals surface area contributed by atoms with Crippen molar-refractivity contribution in [1.82, 2.24) is 0 Å². The summed E-state index contributed by atoms with van der Waals surface area (Å²) in [6, 6.07) is 11.3. The van der Waals surface area contributed by atoms with Crippen LogP contribution < -0.4 is 4.74 Å². The first-order chi connectivity index (χ1) is 10.0. The van der Waals surface area contributed by atoms with Crippen LogP contribution in [0.1, 0.15) is 23.7 Å². The highest BCUT2D eigenvalue weighted by atomic mass is 79.9. The van der Waals surface area contributed by atoms with Crippen molar-refractivity contribution >= 4 is 27.4 Å². The maximum Gasteiger partial charge on any atom is 0.287 e. The molecule has 2 aromatic carbocycles. The summed E-state index contributed by atoms with van der Waals surface area (Å²) in [5, 5.41) is 10.9. The number of halogens is 1. The van der Waals surface area contributed by atoms with E-state index in [0.717, 1.165) is 0 Å². The SMILES string of the molecule is CCC(=O)c1ccccc1Oc1cccc([N+](=O)[O-])c1Br. The number of rotatable bonds is 5. The lowest BCUT2D eigenvalue weighted by Gasteiger charge is -2.11. The van der Waals surface area contributed by atoms with Gasteiger partial charge in [-0.3, -0.25) is 14.9 Å². The molecular weight excluding hydrogens is 338 g/mol. The minimum atomic E-state index is -0.500. The Labute approximate surface area is 129 Å². The second kappa shape index (κ2) is 6.49. The van der Waals surface area contributed by atoms with Crippen molar-refractivity contribution in [3.05, 3.63) is 62.6 Å². The molecule has 0 saturated carbocycles. The zero-order valence-corrected chi connectivity index (χ0v) is 12.8. The molecule has 0 aromatic heterocycles. The number of hydrogen-bond acceptors (Lipinski definition) is 4. The Bertz CT molecular complexity index is 700. The molecule has 0 aliphatic heterocycles. The van der Waals surface area contributed by atoms with Crippen molar-refractivity contribution in [2.45, 2.75) is 13.3 Å². The Kier molecular flexibility index (Phi) is 4.70. The van der Waals surface area contributed by atoms with Crippen LogP contribution in [0.4, 0.5) is 5.69 Å². The molecule has 21 heavy (non-hydrogen) atoms. The molecule has 2 aromatic rings. The monoisotopic (exact) mass is 349 g/mol. The minimum Gasteiger partial charge on any atom is -0.455 e. The van der Waals surface area contributed by atoms with Crippen molar-refractivity contribution in [3.8, 4) is 11.5 Å². The van der Waals surface area contributed by atoms with Crippen LogP contribution in [0.2, 0.25) is 0 Å². The third kappa shape index (κ3) is 3.28. The quantitative estimate of drug-likeness (QED) is 0.444. The molecule has 0 unspecified atom stereocenters. The van der Waals surface area contributed by atoms with E-state index in [0.29, 0.717) is 23.5 Å². The van der Waals surface area contributed by atoms with Crippen LogP contribution in [0.25, 0.3) is 0 Å². The molecule has 0 spiro atoms. The number of para-hydroxylation sites is 1. The zero-order valence-electron chi connectivity index (χ0n) is 11.2. The highest BCUT2D eigenvalue weighted by Crippen LogP contribution is 2.37. The van der Waals surface area contributed by atoms with E-state index in [1.165, 1.54) is 12.1 Å². The number of nitrogens with zero attached hydrogens (tertiary/aromatic N) is 1. The smallest absolute Gasteiger partial charge is 0.287 e.